The molecule has 0 aromatic heterocycles. The average Bonchev–Trinajstić information content (AvgIpc) is 2.64. The van der Waals surface area contributed by atoms with Crippen molar-refractivity contribution in [3.8, 4) is 0 Å². The summed E-state index contributed by atoms with van der Waals surface area (Å²) in [4.78, 5) is 12.7. The molecule has 1 atom stereocenters. The lowest BCUT2D eigenvalue weighted by Gasteiger charge is -2.38. The first-order chi connectivity index (χ1) is 13.1. The van der Waals surface area contributed by atoms with E-state index >= 15 is 0 Å². The van der Waals surface area contributed by atoms with E-state index < -0.39 is 13.7 Å². The lowest BCUT2D eigenvalue weighted by Crippen LogP contribution is -2.71. The third-order valence-electron chi connectivity index (χ3n) is 4.87. The van der Waals surface area contributed by atoms with Crippen molar-refractivity contribution in [1.29, 1.82) is 0 Å². The van der Waals surface area contributed by atoms with Gasteiger partial charge < -0.3 is 15.4 Å². The van der Waals surface area contributed by atoms with E-state index in [1.54, 1.807) is 0 Å². The standard InChI is InChI=1S/C23H34N2O2Si/c1-18(2)24-17-21(25-22(26)27-23(3,4)5)28(6,19-13-9-7-10-14-19)20-15-11-8-12-16-20/h7-16,18,21,24H,17H2,1-6H3,(H,25,26)/t21-/m0/s1. The Morgan fingerprint density at radius 2 is 1.43 bits per heavy atom. The first kappa shape index (κ1) is 22.2. The van der Waals surface area contributed by atoms with Crippen molar-refractivity contribution in [2.75, 3.05) is 6.54 Å². The minimum absolute atomic E-state index is 0.0606. The topological polar surface area (TPSA) is 50.4 Å². The number of ether oxygens (including phenoxy) is 1. The van der Waals surface area contributed by atoms with Crippen molar-refractivity contribution in [3.63, 3.8) is 0 Å². The van der Waals surface area contributed by atoms with Gasteiger partial charge in [0, 0.05) is 18.3 Å². The molecule has 0 bridgehead atoms. The Morgan fingerprint density at radius 1 is 0.964 bits per heavy atom. The lowest BCUT2D eigenvalue weighted by molar-refractivity contribution is 0.0518. The van der Waals surface area contributed by atoms with Gasteiger partial charge in [0.05, 0.1) is 0 Å². The molecule has 152 valence electrons. The quantitative estimate of drug-likeness (QED) is 0.704. The Hall–Kier alpha value is -2.11. The van der Waals surface area contributed by atoms with Gasteiger partial charge in [0.25, 0.3) is 0 Å². The molecule has 0 aliphatic rings. The summed E-state index contributed by atoms with van der Waals surface area (Å²) in [6.07, 6.45) is -0.367. The van der Waals surface area contributed by atoms with Gasteiger partial charge in [0.15, 0.2) is 0 Å². The Bertz CT molecular complexity index is 703. The fourth-order valence-electron chi connectivity index (χ4n) is 3.34. The van der Waals surface area contributed by atoms with Gasteiger partial charge in [-0.3, -0.25) is 0 Å². The van der Waals surface area contributed by atoms with E-state index in [4.69, 9.17) is 4.74 Å². The SMILES string of the molecule is CC(C)NC[C@@H](NC(=O)OC(C)(C)C)[Si](C)(c1ccccc1)c1ccccc1. The van der Waals surface area contributed by atoms with E-state index in [0.29, 0.717) is 12.6 Å². The number of hydrogen-bond donors (Lipinski definition) is 2. The fourth-order valence-corrected chi connectivity index (χ4v) is 7.18. The second kappa shape index (κ2) is 9.39. The van der Waals surface area contributed by atoms with Crippen molar-refractivity contribution >= 4 is 24.5 Å². The summed E-state index contributed by atoms with van der Waals surface area (Å²) < 4.78 is 5.59. The highest BCUT2D eigenvalue weighted by Gasteiger charge is 2.41. The first-order valence-electron chi connectivity index (χ1n) is 9.97. The maximum absolute atomic E-state index is 12.7. The molecule has 0 aliphatic heterocycles. The highest BCUT2D eigenvalue weighted by Crippen LogP contribution is 2.13. The summed E-state index contributed by atoms with van der Waals surface area (Å²) in [5, 5.41) is 9.30. The van der Waals surface area contributed by atoms with Gasteiger partial charge in [-0.25, -0.2) is 4.79 Å². The molecule has 0 unspecified atom stereocenters. The molecule has 0 saturated carbocycles. The van der Waals surface area contributed by atoms with Crippen LogP contribution in [-0.2, 0) is 4.74 Å². The molecular formula is C23H34N2O2Si. The van der Waals surface area contributed by atoms with Crippen molar-refractivity contribution < 1.29 is 9.53 Å². The molecule has 0 heterocycles. The van der Waals surface area contributed by atoms with E-state index in [2.05, 4.69) is 79.6 Å². The van der Waals surface area contributed by atoms with Crippen LogP contribution in [0.5, 0.6) is 0 Å². The number of nitrogens with one attached hydrogen (secondary N) is 2. The van der Waals surface area contributed by atoms with Crippen LogP contribution >= 0.6 is 0 Å². The zero-order valence-corrected chi connectivity index (χ0v) is 19.0. The maximum Gasteiger partial charge on any atom is 0.407 e. The summed E-state index contributed by atoms with van der Waals surface area (Å²) in [6.45, 7) is 12.9. The summed E-state index contributed by atoms with van der Waals surface area (Å²) in [7, 11) is -2.31. The van der Waals surface area contributed by atoms with Crippen LogP contribution in [0.4, 0.5) is 4.79 Å². The van der Waals surface area contributed by atoms with Crippen LogP contribution in [0.15, 0.2) is 60.7 Å². The van der Waals surface area contributed by atoms with Crippen molar-refractivity contribution in [3.05, 3.63) is 60.7 Å². The second-order valence-corrected chi connectivity index (χ2v) is 13.0. The highest BCUT2D eigenvalue weighted by atomic mass is 28.3. The van der Waals surface area contributed by atoms with Gasteiger partial charge in [-0.1, -0.05) is 91.4 Å². The van der Waals surface area contributed by atoms with E-state index in [9.17, 15) is 4.79 Å². The molecular weight excluding hydrogens is 364 g/mol. The number of benzene rings is 2. The van der Waals surface area contributed by atoms with Crippen LogP contribution in [0.25, 0.3) is 0 Å². The van der Waals surface area contributed by atoms with Gasteiger partial charge in [-0.15, -0.1) is 0 Å². The van der Waals surface area contributed by atoms with E-state index in [1.165, 1.54) is 10.4 Å². The van der Waals surface area contributed by atoms with E-state index in [-0.39, 0.29) is 11.8 Å². The first-order valence-corrected chi connectivity index (χ1v) is 12.5. The molecule has 28 heavy (non-hydrogen) atoms. The highest BCUT2D eigenvalue weighted by molar-refractivity contribution is 7.02. The van der Waals surface area contributed by atoms with Crippen LogP contribution in [-0.4, -0.2) is 38.0 Å². The van der Waals surface area contributed by atoms with Gasteiger partial charge in [0.2, 0.25) is 0 Å². The zero-order chi connectivity index (χ0) is 20.8. The molecule has 5 heteroatoms. The summed E-state index contributed by atoms with van der Waals surface area (Å²) in [6, 6.07) is 21.4. The molecule has 2 rings (SSSR count). The largest absolute Gasteiger partial charge is 0.444 e. The molecule has 0 aliphatic carbocycles. The van der Waals surface area contributed by atoms with Crippen molar-refractivity contribution in [2.45, 2.75) is 58.5 Å². The molecule has 1 amide bonds. The number of hydrogen-bond acceptors (Lipinski definition) is 3. The number of alkyl carbamates (subject to hydrolysis) is 1. The molecule has 2 aromatic carbocycles. The van der Waals surface area contributed by atoms with Gasteiger partial charge in [-0.2, -0.15) is 0 Å². The second-order valence-electron chi connectivity index (χ2n) is 8.70. The van der Waals surface area contributed by atoms with Crippen molar-refractivity contribution in [1.82, 2.24) is 10.6 Å². The average molecular weight is 399 g/mol. The van der Waals surface area contributed by atoms with E-state index in [0.717, 1.165) is 0 Å². The van der Waals surface area contributed by atoms with Crippen LogP contribution < -0.4 is 21.0 Å². The number of carbonyl (C=O) groups excluding carboxylic acids is 1. The summed E-state index contributed by atoms with van der Waals surface area (Å²) in [5.74, 6) is 0. The number of amides is 1. The Morgan fingerprint density at radius 3 is 1.82 bits per heavy atom. The molecule has 0 radical (unpaired) electrons. The Labute approximate surface area is 170 Å². The molecule has 4 nitrogen and oxygen atoms in total. The van der Waals surface area contributed by atoms with Crippen molar-refractivity contribution in [2.24, 2.45) is 0 Å². The minimum Gasteiger partial charge on any atom is -0.444 e. The normalized spacial score (nSPS) is 13.2. The molecule has 0 fully saturated rings. The van der Waals surface area contributed by atoms with Gasteiger partial charge >= 0.3 is 6.09 Å². The minimum atomic E-state index is -2.31. The number of rotatable bonds is 7. The van der Waals surface area contributed by atoms with E-state index in [1.807, 2.05) is 32.9 Å². The molecule has 2 N–H and O–H groups in total. The van der Waals surface area contributed by atoms with Gasteiger partial charge in [-0.05, 0) is 20.8 Å². The lowest BCUT2D eigenvalue weighted by atomic mass is 10.2. The molecule has 0 saturated heterocycles. The van der Waals surface area contributed by atoms with Crippen LogP contribution in [0, 0.1) is 0 Å². The molecule has 2 aromatic rings. The molecule has 0 spiro atoms. The van der Waals surface area contributed by atoms with Crippen LogP contribution in [0.1, 0.15) is 34.6 Å². The predicted octanol–water partition coefficient (Wildman–Crippen LogP) is 3.31. The summed E-state index contributed by atoms with van der Waals surface area (Å²) in [5.41, 5.74) is -0.591. The zero-order valence-electron chi connectivity index (χ0n) is 18.0. The number of carbonyl (C=O) groups is 1. The monoisotopic (exact) mass is 398 g/mol. The fraction of sp³-hybridized carbons (Fsp3) is 0.435. The summed E-state index contributed by atoms with van der Waals surface area (Å²) >= 11 is 0. The van der Waals surface area contributed by atoms with Gasteiger partial charge in [0.1, 0.15) is 13.7 Å². The predicted molar refractivity (Wildman–Crippen MR) is 120 cm³/mol. The Balaban J connectivity index is 2.47. The smallest absolute Gasteiger partial charge is 0.407 e. The van der Waals surface area contributed by atoms with Crippen LogP contribution in [0.3, 0.4) is 0 Å². The third-order valence-corrected chi connectivity index (χ3v) is 9.67. The third kappa shape index (κ3) is 5.94. The Kier molecular flexibility index (Phi) is 7.44. The van der Waals surface area contributed by atoms with Crippen LogP contribution in [0.2, 0.25) is 6.55 Å². The maximum atomic E-state index is 12.7.